The number of halogens is 1. The van der Waals surface area contributed by atoms with Gasteiger partial charge in [-0.3, -0.25) is 9.59 Å². The molecule has 0 saturated carbocycles. The summed E-state index contributed by atoms with van der Waals surface area (Å²) in [7, 11) is 0. The Kier molecular flexibility index (Phi) is 4.34. The highest BCUT2D eigenvalue weighted by Crippen LogP contribution is 2.33. The van der Waals surface area contributed by atoms with Gasteiger partial charge in [0.2, 0.25) is 11.8 Å². The summed E-state index contributed by atoms with van der Waals surface area (Å²) in [5, 5.41) is 11.0. The summed E-state index contributed by atoms with van der Waals surface area (Å²) in [4.78, 5) is 25.1. The summed E-state index contributed by atoms with van der Waals surface area (Å²) in [6.45, 7) is 0. The first-order valence-electron chi connectivity index (χ1n) is 8.25. The molecule has 0 bridgehead atoms. The van der Waals surface area contributed by atoms with Crippen LogP contribution in [0.15, 0.2) is 65.1 Å². The summed E-state index contributed by atoms with van der Waals surface area (Å²) in [6.07, 6.45) is 0.0253. The Balaban J connectivity index is 1.57. The van der Waals surface area contributed by atoms with Gasteiger partial charge < -0.3 is 16.0 Å². The van der Waals surface area contributed by atoms with Crippen LogP contribution in [0.5, 0.6) is 0 Å². The second-order valence-electron chi connectivity index (χ2n) is 6.13. The van der Waals surface area contributed by atoms with E-state index in [1.54, 1.807) is 6.07 Å². The molecule has 6 heteroatoms. The summed E-state index contributed by atoms with van der Waals surface area (Å²) < 4.78 is 0.795. The molecule has 0 saturated heterocycles. The van der Waals surface area contributed by atoms with Crippen LogP contribution in [0.4, 0.5) is 17.1 Å². The van der Waals surface area contributed by atoms with E-state index in [1.807, 2.05) is 54.6 Å². The van der Waals surface area contributed by atoms with Gasteiger partial charge >= 0.3 is 0 Å². The van der Waals surface area contributed by atoms with E-state index in [-0.39, 0.29) is 18.2 Å². The van der Waals surface area contributed by atoms with E-state index in [1.165, 1.54) is 0 Å². The van der Waals surface area contributed by atoms with Crippen molar-refractivity contribution in [2.45, 2.75) is 12.5 Å². The molecule has 0 fully saturated rings. The van der Waals surface area contributed by atoms with Crippen LogP contribution in [0, 0.1) is 0 Å². The third-order valence-corrected chi connectivity index (χ3v) is 5.04. The van der Waals surface area contributed by atoms with Gasteiger partial charge in [0.05, 0.1) is 17.8 Å². The quantitative estimate of drug-likeness (QED) is 0.601. The van der Waals surface area contributed by atoms with Crippen molar-refractivity contribution in [2.24, 2.45) is 0 Å². The van der Waals surface area contributed by atoms with E-state index in [0.717, 1.165) is 26.6 Å². The Morgan fingerprint density at radius 3 is 2.50 bits per heavy atom. The maximum atomic E-state index is 12.6. The number of amides is 2. The lowest BCUT2D eigenvalue weighted by Crippen LogP contribution is -2.36. The number of anilines is 3. The van der Waals surface area contributed by atoms with Crippen LogP contribution < -0.4 is 16.0 Å². The van der Waals surface area contributed by atoms with Gasteiger partial charge in [-0.05, 0) is 45.6 Å². The molecule has 26 heavy (non-hydrogen) atoms. The van der Waals surface area contributed by atoms with Gasteiger partial charge in [-0.25, -0.2) is 0 Å². The van der Waals surface area contributed by atoms with Crippen molar-refractivity contribution in [3.63, 3.8) is 0 Å². The van der Waals surface area contributed by atoms with Crippen LogP contribution in [-0.2, 0) is 9.59 Å². The first-order chi connectivity index (χ1) is 12.6. The predicted molar refractivity (Wildman–Crippen MR) is 107 cm³/mol. The average Bonchev–Trinajstić information content (AvgIpc) is 2.76. The largest absolute Gasteiger partial charge is 0.373 e. The maximum Gasteiger partial charge on any atom is 0.247 e. The van der Waals surface area contributed by atoms with Gasteiger partial charge in [-0.2, -0.15) is 0 Å². The van der Waals surface area contributed by atoms with E-state index in [0.29, 0.717) is 5.69 Å². The molecule has 130 valence electrons. The first-order valence-corrected chi connectivity index (χ1v) is 9.04. The zero-order valence-corrected chi connectivity index (χ0v) is 15.3. The molecule has 1 atom stereocenters. The molecule has 3 N–H and O–H groups in total. The van der Waals surface area contributed by atoms with Crippen LogP contribution in [0.1, 0.15) is 6.42 Å². The normalized spacial score (nSPS) is 15.7. The molecule has 3 aromatic carbocycles. The van der Waals surface area contributed by atoms with Crippen LogP contribution in [-0.4, -0.2) is 17.9 Å². The molecule has 0 unspecified atom stereocenters. The standard InChI is InChI=1S/C20H16BrN3O2/c21-13-7-1-2-8-14(13)23-18(25)11-17-20(26)24-16-10-4-6-12-5-3-9-15(22-17)19(12)16/h1-10,17,22H,11H2,(H,23,25)(H,24,26)/t17-/m0/s1. The van der Waals surface area contributed by atoms with E-state index in [2.05, 4.69) is 31.9 Å². The Hall–Kier alpha value is -2.86. The van der Waals surface area contributed by atoms with Crippen LogP contribution >= 0.6 is 15.9 Å². The third kappa shape index (κ3) is 3.15. The molecule has 4 rings (SSSR count). The fourth-order valence-corrected chi connectivity index (χ4v) is 3.52. The van der Waals surface area contributed by atoms with Gasteiger partial charge in [-0.1, -0.05) is 36.4 Å². The number of carbonyl (C=O) groups excluding carboxylic acids is 2. The molecule has 0 radical (unpaired) electrons. The van der Waals surface area contributed by atoms with Crippen molar-refractivity contribution in [3.05, 3.63) is 65.1 Å². The maximum absolute atomic E-state index is 12.6. The monoisotopic (exact) mass is 409 g/mol. The lowest BCUT2D eigenvalue weighted by atomic mass is 10.1. The molecule has 0 spiro atoms. The Morgan fingerprint density at radius 2 is 1.73 bits per heavy atom. The molecule has 1 aliphatic heterocycles. The molecule has 2 amide bonds. The number of para-hydroxylation sites is 1. The molecule has 5 nitrogen and oxygen atoms in total. The second kappa shape index (κ2) is 6.80. The summed E-state index contributed by atoms with van der Waals surface area (Å²) >= 11 is 3.40. The zero-order valence-electron chi connectivity index (χ0n) is 13.8. The van der Waals surface area contributed by atoms with Crippen LogP contribution in [0.3, 0.4) is 0 Å². The van der Waals surface area contributed by atoms with E-state index < -0.39 is 6.04 Å². The number of carbonyl (C=O) groups is 2. The van der Waals surface area contributed by atoms with Gasteiger partial charge in [0.25, 0.3) is 0 Å². The smallest absolute Gasteiger partial charge is 0.247 e. The molecule has 1 heterocycles. The number of nitrogens with one attached hydrogen (secondary N) is 3. The van der Waals surface area contributed by atoms with E-state index in [9.17, 15) is 9.59 Å². The molecular formula is C20H16BrN3O2. The minimum absolute atomic E-state index is 0.0253. The summed E-state index contributed by atoms with van der Waals surface area (Å²) in [5.74, 6) is -0.460. The van der Waals surface area contributed by atoms with Crippen molar-refractivity contribution in [1.82, 2.24) is 0 Å². The zero-order chi connectivity index (χ0) is 18.1. The van der Waals surface area contributed by atoms with Gasteiger partial charge in [0.15, 0.2) is 0 Å². The highest BCUT2D eigenvalue weighted by atomic mass is 79.9. The first kappa shape index (κ1) is 16.6. The molecule has 0 aromatic heterocycles. The Labute approximate surface area is 158 Å². The van der Waals surface area contributed by atoms with Crippen LogP contribution in [0.2, 0.25) is 0 Å². The van der Waals surface area contributed by atoms with Crippen molar-refractivity contribution in [1.29, 1.82) is 0 Å². The molecular weight excluding hydrogens is 394 g/mol. The van der Waals surface area contributed by atoms with Gasteiger partial charge in [0, 0.05) is 15.5 Å². The van der Waals surface area contributed by atoms with Crippen molar-refractivity contribution in [2.75, 3.05) is 16.0 Å². The molecule has 3 aromatic rings. The highest BCUT2D eigenvalue weighted by molar-refractivity contribution is 9.10. The van der Waals surface area contributed by atoms with E-state index in [4.69, 9.17) is 0 Å². The summed E-state index contributed by atoms with van der Waals surface area (Å²) in [6, 6.07) is 18.3. The van der Waals surface area contributed by atoms with Crippen molar-refractivity contribution in [3.8, 4) is 0 Å². The van der Waals surface area contributed by atoms with Gasteiger partial charge in [-0.15, -0.1) is 0 Å². The number of hydrogen-bond acceptors (Lipinski definition) is 3. The minimum atomic E-state index is -0.657. The average molecular weight is 410 g/mol. The fraction of sp³-hybridized carbons (Fsp3) is 0.100. The highest BCUT2D eigenvalue weighted by Gasteiger charge is 2.26. The lowest BCUT2D eigenvalue weighted by Gasteiger charge is -2.16. The number of rotatable bonds is 3. The van der Waals surface area contributed by atoms with Crippen LogP contribution in [0.25, 0.3) is 10.8 Å². The van der Waals surface area contributed by atoms with E-state index >= 15 is 0 Å². The Bertz CT molecular complexity index is 1010. The minimum Gasteiger partial charge on any atom is -0.373 e. The third-order valence-electron chi connectivity index (χ3n) is 4.35. The fourth-order valence-electron chi connectivity index (χ4n) is 3.13. The van der Waals surface area contributed by atoms with Crippen molar-refractivity contribution < 1.29 is 9.59 Å². The van der Waals surface area contributed by atoms with Crippen molar-refractivity contribution >= 4 is 55.6 Å². The topological polar surface area (TPSA) is 70.2 Å². The Morgan fingerprint density at radius 1 is 1.00 bits per heavy atom. The number of benzene rings is 3. The predicted octanol–water partition coefficient (Wildman–Crippen LogP) is 4.36. The second-order valence-corrected chi connectivity index (χ2v) is 6.98. The SMILES string of the molecule is O=C(C[C@@H]1Nc2cccc3cccc(c23)NC1=O)Nc1ccccc1Br. The number of hydrogen-bond donors (Lipinski definition) is 3. The molecule has 1 aliphatic rings. The van der Waals surface area contributed by atoms with Gasteiger partial charge in [0.1, 0.15) is 6.04 Å². The lowest BCUT2D eigenvalue weighted by molar-refractivity contribution is -0.121. The molecule has 0 aliphatic carbocycles. The summed E-state index contributed by atoms with van der Waals surface area (Å²) in [5.41, 5.74) is 2.27.